The topological polar surface area (TPSA) is 50.4 Å². The van der Waals surface area contributed by atoms with Crippen molar-refractivity contribution in [2.75, 3.05) is 19.0 Å². The Morgan fingerprint density at radius 3 is 3.05 bits per heavy atom. The Morgan fingerprint density at radius 2 is 2.35 bits per heavy atom. The number of piperidine rings is 1. The Hall–Kier alpha value is -1.62. The van der Waals surface area contributed by atoms with Gasteiger partial charge in [-0.05, 0) is 37.9 Å². The summed E-state index contributed by atoms with van der Waals surface area (Å²) in [5, 5.41) is 6.00. The highest BCUT2D eigenvalue weighted by molar-refractivity contribution is 5.91. The fourth-order valence-electron chi connectivity index (χ4n) is 2.42. The molecule has 110 valence electrons. The summed E-state index contributed by atoms with van der Waals surface area (Å²) in [5.74, 6) is -0.0879. The molecule has 1 aliphatic heterocycles. The van der Waals surface area contributed by atoms with Gasteiger partial charge in [-0.2, -0.15) is 0 Å². The summed E-state index contributed by atoms with van der Waals surface area (Å²) in [6.45, 7) is 1.02. The molecule has 1 fully saturated rings. The van der Waals surface area contributed by atoms with Crippen molar-refractivity contribution in [3.63, 3.8) is 0 Å². The molecule has 1 atom stereocenters. The molecule has 1 aromatic rings. The van der Waals surface area contributed by atoms with E-state index in [2.05, 4.69) is 10.6 Å². The third kappa shape index (κ3) is 4.20. The molecule has 0 aromatic heterocycles. The van der Waals surface area contributed by atoms with Crippen molar-refractivity contribution in [2.45, 2.75) is 38.1 Å². The number of carbonyl (C=O) groups excluding carboxylic acids is 1. The molecule has 1 aromatic carbocycles. The lowest BCUT2D eigenvalue weighted by atomic mass is 10.0. The standard InChI is InChI=1S/C15H21FN2O2/c1-20-12-6-7-13(16)14(10-12)18-15(19)8-5-11-4-2-3-9-17-11/h6-7,10-11,17H,2-5,8-9H2,1H3,(H,18,19). The van der Waals surface area contributed by atoms with Gasteiger partial charge in [-0.15, -0.1) is 0 Å². The van der Waals surface area contributed by atoms with Crippen LogP contribution in [0.5, 0.6) is 5.75 Å². The molecule has 0 radical (unpaired) electrons. The average molecular weight is 280 g/mol. The normalized spacial score (nSPS) is 18.6. The first-order chi connectivity index (χ1) is 9.69. The Kier molecular flexibility index (Phi) is 5.35. The molecular formula is C15H21FN2O2. The Bertz CT molecular complexity index is 459. The molecule has 0 saturated carbocycles. The zero-order chi connectivity index (χ0) is 14.4. The Balaban J connectivity index is 1.84. The number of benzene rings is 1. The number of ether oxygens (including phenoxy) is 1. The number of carbonyl (C=O) groups is 1. The van der Waals surface area contributed by atoms with E-state index in [-0.39, 0.29) is 11.6 Å². The first-order valence-corrected chi connectivity index (χ1v) is 7.06. The van der Waals surface area contributed by atoms with E-state index in [1.54, 1.807) is 0 Å². The zero-order valence-corrected chi connectivity index (χ0v) is 11.7. The molecule has 0 aliphatic carbocycles. The summed E-state index contributed by atoms with van der Waals surface area (Å²) in [4.78, 5) is 11.9. The lowest BCUT2D eigenvalue weighted by molar-refractivity contribution is -0.116. The van der Waals surface area contributed by atoms with Gasteiger partial charge in [-0.3, -0.25) is 4.79 Å². The number of hydrogen-bond acceptors (Lipinski definition) is 3. The molecule has 1 heterocycles. The van der Waals surface area contributed by atoms with Gasteiger partial charge >= 0.3 is 0 Å². The molecule has 0 bridgehead atoms. The molecule has 2 rings (SSSR count). The molecule has 5 heteroatoms. The second-order valence-electron chi connectivity index (χ2n) is 5.08. The maximum atomic E-state index is 13.6. The first kappa shape index (κ1) is 14.8. The summed E-state index contributed by atoms with van der Waals surface area (Å²) in [6, 6.07) is 4.71. The van der Waals surface area contributed by atoms with Gasteiger partial charge < -0.3 is 15.4 Å². The predicted octanol–water partition coefficient (Wildman–Crippen LogP) is 2.70. The van der Waals surface area contributed by atoms with E-state index in [1.807, 2.05) is 0 Å². The van der Waals surface area contributed by atoms with Crippen molar-refractivity contribution in [3.8, 4) is 5.75 Å². The number of halogens is 1. The first-order valence-electron chi connectivity index (χ1n) is 7.06. The van der Waals surface area contributed by atoms with Crippen LogP contribution in [0.2, 0.25) is 0 Å². The third-order valence-electron chi connectivity index (χ3n) is 3.58. The van der Waals surface area contributed by atoms with Crippen LogP contribution in [0.15, 0.2) is 18.2 Å². The van der Waals surface area contributed by atoms with Crippen molar-refractivity contribution in [1.29, 1.82) is 0 Å². The summed E-state index contributed by atoms with van der Waals surface area (Å²) in [5.41, 5.74) is 0.172. The summed E-state index contributed by atoms with van der Waals surface area (Å²) >= 11 is 0. The van der Waals surface area contributed by atoms with Gasteiger partial charge in [-0.1, -0.05) is 6.42 Å². The minimum atomic E-state index is -0.449. The molecule has 20 heavy (non-hydrogen) atoms. The van der Waals surface area contributed by atoms with E-state index in [0.717, 1.165) is 19.4 Å². The SMILES string of the molecule is COc1ccc(F)c(NC(=O)CCC2CCCCN2)c1. The van der Waals surface area contributed by atoms with E-state index < -0.39 is 5.82 Å². The van der Waals surface area contributed by atoms with Crippen LogP contribution < -0.4 is 15.4 Å². The van der Waals surface area contributed by atoms with Gasteiger partial charge in [-0.25, -0.2) is 4.39 Å². The van der Waals surface area contributed by atoms with Crippen LogP contribution in [-0.2, 0) is 4.79 Å². The van der Waals surface area contributed by atoms with Crippen LogP contribution >= 0.6 is 0 Å². The maximum Gasteiger partial charge on any atom is 0.224 e. The minimum Gasteiger partial charge on any atom is -0.497 e. The van der Waals surface area contributed by atoms with Gasteiger partial charge in [0.05, 0.1) is 12.8 Å². The molecule has 1 unspecified atom stereocenters. The predicted molar refractivity (Wildman–Crippen MR) is 76.5 cm³/mol. The van der Waals surface area contributed by atoms with Crippen molar-refractivity contribution < 1.29 is 13.9 Å². The van der Waals surface area contributed by atoms with Crippen molar-refractivity contribution >= 4 is 11.6 Å². The number of anilines is 1. The van der Waals surface area contributed by atoms with Crippen molar-refractivity contribution in [2.24, 2.45) is 0 Å². The van der Waals surface area contributed by atoms with Crippen LogP contribution in [0.4, 0.5) is 10.1 Å². The van der Waals surface area contributed by atoms with Crippen LogP contribution in [0, 0.1) is 5.82 Å². The molecule has 0 spiro atoms. The summed E-state index contributed by atoms with van der Waals surface area (Å²) in [6.07, 6.45) is 4.72. The Morgan fingerprint density at radius 1 is 1.50 bits per heavy atom. The smallest absolute Gasteiger partial charge is 0.224 e. The van der Waals surface area contributed by atoms with Crippen LogP contribution in [0.25, 0.3) is 0 Å². The van der Waals surface area contributed by atoms with Gasteiger partial charge in [0, 0.05) is 18.5 Å². The van der Waals surface area contributed by atoms with Gasteiger partial charge in [0.2, 0.25) is 5.91 Å². The number of amides is 1. The minimum absolute atomic E-state index is 0.162. The molecule has 1 aliphatic rings. The maximum absolute atomic E-state index is 13.6. The quantitative estimate of drug-likeness (QED) is 0.872. The van der Waals surface area contributed by atoms with E-state index in [0.29, 0.717) is 18.2 Å². The lowest BCUT2D eigenvalue weighted by Crippen LogP contribution is -2.34. The molecule has 1 amide bonds. The second-order valence-corrected chi connectivity index (χ2v) is 5.08. The van der Waals surface area contributed by atoms with E-state index in [4.69, 9.17) is 4.74 Å². The summed E-state index contributed by atoms with van der Waals surface area (Å²) < 4.78 is 18.6. The molecule has 1 saturated heterocycles. The van der Waals surface area contributed by atoms with Gasteiger partial charge in [0.1, 0.15) is 11.6 Å². The fraction of sp³-hybridized carbons (Fsp3) is 0.533. The largest absolute Gasteiger partial charge is 0.497 e. The van der Waals surface area contributed by atoms with Crippen LogP contribution in [0.1, 0.15) is 32.1 Å². The van der Waals surface area contributed by atoms with E-state index >= 15 is 0 Å². The Labute approximate surface area is 118 Å². The third-order valence-corrected chi connectivity index (χ3v) is 3.58. The highest BCUT2D eigenvalue weighted by Crippen LogP contribution is 2.21. The van der Waals surface area contributed by atoms with Crippen LogP contribution in [0.3, 0.4) is 0 Å². The lowest BCUT2D eigenvalue weighted by Gasteiger charge is -2.23. The number of hydrogen-bond donors (Lipinski definition) is 2. The second kappa shape index (κ2) is 7.24. The van der Waals surface area contributed by atoms with E-state index in [9.17, 15) is 9.18 Å². The molecular weight excluding hydrogens is 259 g/mol. The summed E-state index contributed by atoms with van der Waals surface area (Å²) in [7, 11) is 1.51. The highest BCUT2D eigenvalue weighted by Gasteiger charge is 2.15. The average Bonchev–Trinajstić information content (AvgIpc) is 2.48. The van der Waals surface area contributed by atoms with Crippen LogP contribution in [-0.4, -0.2) is 25.6 Å². The zero-order valence-electron chi connectivity index (χ0n) is 11.7. The molecule has 4 nitrogen and oxygen atoms in total. The van der Waals surface area contributed by atoms with Gasteiger partial charge in [0.25, 0.3) is 0 Å². The van der Waals surface area contributed by atoms with Crippen molar-refractivity contribution in [1.82, 2.24) is 5.32 Å². The fourth-order valence-corrected chi connectivity index (χ4v) is 2.42. The van der Waals surface area contributed by atoms with E-state index in [1.165, 1.54) is 38.2 Å². The van der Waals surface area contributed by atoms with Gasteiger partial charge in [0.15, 0.2) is 0 Å². The monoisotopic (exact) mass is 280 g/mol. The number of rotatable bonds is 5. The number of nitrogens with one attached hydrogen (secondary N) is 2. The highest BCUT2D eigenvalue weighted by atomic mass is 19.1. The van der Waals surface area contributed by atoms with Crippen molar-refractivity contribution in [3.05, 3.63) is 24.0 Å². The number of methoxy groups -OCH3 is 1. The molecule has 2 N–H and O–H groups in total.